The van der Waals surface area contributed by atoms with Gasteiger partial charge in [0.05, 0.1) is 0 Å². The van der Waals surface area contributed by atoms with Crippen molar-refractivity contribution in [3.05, 3.63) is 0 Å². The fourth-order valence-corrected chi connectivity index (χ4v) is 2.69. The Hall–Kier alpha value is -1.79. The average Bonchev–Trinajstić information content (AvgIpc) is 2.89. The first-order chi connectivity index (χ1) is 9.86. The summed E-state index contributed by atoms with van der Waals surface area (Å²) in [6, 6.07) is -1.29. The van der Waals surface area contributed by atoms with Crippen molar-refractivity contribution in [2.24, 2.45) is 0 Å². The van der Waals surface area contributed by atoms with Crippen LogP contribution in [0.4, 0.5) is 4.79 Å². The standard InChI is InChI=1S/C14H25N3O4/c1-4-17(5-2)11(18)10(3)15-13(21)16-14(12(19)20)8-6-7-9-14/h10H,4-9H2,1-3H3,(H,19,20)(H2,15,16,21). The number of nitrogens with zero attached hydrogens (tertiary/aromatic N) is 1. The van der Waals surface area contributed by atoms with Crippen molar-refractivity contribution in [2.75, 3.05) is 13.1 Å². The van der Waals surface area contributed by atoms with Gasteiger partial charge in [-0.05, 0) is 33.6 Å². The summed E-state index contributed by atoms with van der Waals surface area (Å²) in [5.41, 5.74) is -1.19. The lowest BCUT2D eigenvalue weighted by Gasteiger charge is -2.28. The first kappa shape index (κ1) is 17.3. The predicted molar refractivity (Wildman–Crippen MR) is 77.9 cm³/mol. The van der Waals surface area contributed by atoms with Crippen molar-refractivity contribution in [2.45, 2.75) is 58.0 Å². The third kappa shape index (κ3) is 4.09. The van der Waals surface area contributed by atoms with E-state index < -0.39 is 23.6 Å². The van der Waals surface area contributed by atoms with Crippen LogP contribution in [0.3, 0.4) is 0 Å². The molecule has 7 heteroatoms. The Morgan fingerprint density at radius 2 is 1.71 bits per heavy atom. The number of carbonyl (C=O) groups is 3. The molecule has 1 atom stereocenters. The van der Waals surface area contributed by atoms with E-state index in [1.54, 1.807) is 11.8 Å². The van der Waals surface area contributed by atoms with Gasteiger partial charge in [0, 0.05) is 13.1 Å². The third-order valence-corrected chi connectivity index (χ3v) is 4.01. The van der Waals surface area contributed by atoms with Crippen LogP contribution in [0.15, 0.2) is 0 Å². The molecule has 0 aromatic heterocycles. The summed E-state index contributed by atoms with van der Waals surface area (Å²) in [7, 11) is 0. The van der Waals surface area contributed by atoms with Gasteiger partial charge < -0.3 is 20.6 Å². The van der Waals surface area contributed by atoms with Gasteiger partial charge in [-0.2, -0.15) is 0 Å². The van der Waals surface area contributed by atoms with Gasteiger partial charge in [-0.25, -0.2) is 9.59 Å². The molecule has 0 aromatic carbocycles. The summed E-state index contributed by atoms with van der Waals surface area (Å²) in [5, 5.41) is 14.4. The van der Waals surface area contributed by atoms with E-state index in [-0.39, 0.29) is 5.91 Å². The molecule has 0 radical (unpaired) electrons. The zero-order valence-corrected chi connectivity index (χ0v) is 12.9. The molecule has 1 rings (SSSR count). The van der Waals surface area contributed by atoms with Gasteiger partial charge in [-0.3, -0.25) is 4.79 Å². The summed E-state index contributed by atoms with van der Waals surface area (Å²) in [5.74, 6) is -1.19. The van der Waals surface area contributed by atoms with Crippen molar-refractivity contribution in [3.8, 4) is 0 Å². The Bertz CT molecular complexity index is 401. The van der Waals surface area contributed by atoms with Crippen LogP contribution in [0.2, 0.25) is 0 Å². The summed E-state index contributed by atoms with van der Waals surface area (Å²) in [6.07, 6.45) is 2.41. The van der Waals surface area contributed by atoms with Crippen LogP contribution in [0.25, 0.3) is 0 Å². The second kappa shape index (κ2) is 7.28. The minimum Gasteiger partial charge on any atom is -0.480 e. The number of aliphatic carboxylic acids is 1. The highest BCUT2D eigenvalue weighted by atomic mass is 16.4. The molecule has 0 heterocycles. The van der Waals surface area contributed by atoms with Crippen molar-refractivity contribution >= 4 is 17.9 Å². The molecule has 1 unspecified atom stereocenters. The normalized spacial score (nSPS) is 17.9. The number of rotatable bonds is 6. The van der Waals surface area contributed by atoms with Crippen molar-refractivity contribution in [1.82, 2.24) is 15.5 Å². The molecule has 3 N–H and O–H groups in total. The van der Waals surface area contributed by atoms with E-state index in [4.69, 9.17) is 0 Å². The number of nitrogens with one attached hydrogen (secondary N) is 2. The number of urea groups is 1. The van der Waals surface area contributed by atoms with Crippen LogP contribution < -0.4 is 10.6 Å². The number of hydrogen-bond donors (Lipinski definition) is 3. The molecule has 1 saturated carbocycles. The van der Waals surface area contributed by atoms with Crippen LogP contribution in [0, 0.1) is 0 Å². The highest BCUT2D eigenvalue weighted by molar-refractivity contribution is 5.90. The van der Waals surface area contributed by atoms with Crippen LogP contribution in [0.1, 0.15) is 46.5 Å². The molecule has 0 saturated heterocycles. The van der Waals surface area contributed by atoms with Gasteiger partial charge >= 0.3 is 12.0 Å². The maximum atomic E-state index is 12.1. The number of likely N-dealkylation sites (N-methyl/N-ethyl adjacent to an activating group) is 1. The summed E-state index contributed by atoms with van der Waals surface area (Å²) in [6.45, 7) is 6.48. The van der Waals surface area contributed by atoms with E-state index in [0.29, 0.717) is 25.9 Å². The Morgan fingerprint density at radius 3 is 2.14 bits per heavy atom. The Morgan fingerprint density at radius 1 is 1.19 bits per heavy atom. The molecule has 1 fully saturated rings. The SMILES string of the molecule is CCN(CC)C(=O)C(C)NC(=O)NC1(C(=O)O)CCCC1. The Kier molecular flexibility index (Phi) is 5.99. The largest absolute Gasteiger partial charge is 0.480 e. The first-order valence-corrected chi connectivity index (χ1v) is 7.47. The molecular weight excluding hydrogens is 274 g/mol. The molecule has 3 amide bonds. The Labute approximate surface area is 125 Å². The van der Waals surface area contributed by atoms with E-state index >= 15 is 0 Å². The molecule has 120 valence electrons. The molecule has 0 bridgehead atoms. The lowest BCUT2D eigenvalue weighted by Crippen LogP contribution is -2.58. The van der Waals surface area contributed by atoms with E-state index in [2.05, 4.69) is 10.6 Å². The summed E-state index contributed by atoms with van der Waals surface area (Å²) in [4.78, 5) is 37.0. The molecule has 21 heavy (non-hydrogen) atoms. The highest BCUT2D eigenvalue weighted by Gasteiger charge is 2.42. The number of carboxylic acids is 1. The summed E-state index contributed by atoms with van der Waals surface area (Å²) >= 11 is 0. The van der Waals surface area contributed by atoms with E-state index in [9.17, 15) is 19.5 Å². The van der Waals surface area contributed by atoms with E-state index in [0.717, 1.165) is 12.8 Å². The van der Waals surface area contributed by atoms with Crippen molar-refractivity contribution < 1.29 is 19.5 Å². The van der Waals surface area contributed by atoms with Crippen molar-refractivity contribution in [1.29, 1.82) is 0 Å². The van der Waals surface area contributed by atoms with Gasteiger partial charge in [-0.15, -0.1) is 0 Å². The summed E-state index contributed by atoms with van der Waals surface area (Å²) < 4.78 is 0. The second-order valence-corrected chi connectivity index (χ2v) is 5.43. The number of amides is 3. The minimum atomic E-state index is -1.19. The number of carbonyl (C=O) groups excluding carboxylic acids is 2. The van der Waals surface area contributed by atoms with Crippen LogP contribution >= 0.6 is 0 Å². The van der Waals surface area contributed by atoms with Gasteiger partial charge in [0.1, 0.15) is 11.6 Å². The maximum absolute atomic E-state index is 12.1. The zero-order valence-electron chi connectivity index (χ0n) is 12.9. The topological polar surface area (TPSA) is 98.7 Å². The predicted octanol–water partition coefficient (Wildman–Crippen LogP) is 0.940. The minimum absolute atomic E-state index is 0.175. The smallest absolute Gasteiger partial charge is 0.329 e. The van der Waals surface area contributed by atoms with Gasteiger partial charge in [0.25, 0.3) is 0 Å². The molecule has 0 aliphatic heterocycles. The van der Waals surface area contributed by atoms with Gasteiger partial charge in [0.15, 0.2) is 0 Å². The molecule has 0 spiro atoms. The van der Waals surface area contributed by atoms with E-state index in [1.165, 1.54) is 0 Å². The van der Waals surface area contributed by atoms with Crippen LogP contribution in [0.5, 0.6) is 0 Å². The molecule has 7 nitrogen and oxygen atoms in total. The number of carboxylic acid groups (broad SMARTS) is 1. The monoisotopic (exact) mass is 299 g/mol. The number of hydrogen-bond acceptors (Lipinski definition) is 3. The molecular formula is C14H25N3O4. The van der Waals surface area contributed by atoms with Crippen LogP contribution in [-0.4, -0.2) is 52.6 Å². The first-order valence-electron chi connectivity index (χ1n) is 7.47. The second-order valence-electron chi connectivity index (χ2n) is 5.43. The zero-order chi connectivity index (χ0) is 16.0. The molecule has 1 aliphatic carbocycles. The van der Waals surface area contributed by atoms with Gasteiger partial charge in [0.2, 0.25) is 5.91 Å². The molecule has 0 aromatic rings. The van der Waals surface area contributed by atoms with E-state index in [1.807, 2.05) is 13.8 Å². The lowest BCUT2D eigenvalue weighted by atomic mass is 9.98. The highest BCUT2D eigenvalue weighted by Crippen LogP contribution is 2.29. The fraction of sp³-hybridized carbons (Fsp3) is 0.786. The lowest BCUT2D eigenvalue weighted by molar-refractivity contribution is -0.144. The third-order valence-electron chi connectivity index (χ3n) is 4.01. The quantitative estimate of drug-likeness (QED) is 0.679. The Balaban J connectivity index is 2.60. The fourth-order valence-electron chi connectivity index (χ4n) is 2.69. The maximum Gasteiger partial charge on any atom is 0.329 e. The van der Waals surface area contributed by atoms with Crippen molar-refractivity contribution in [3.63, 3.8) is 0 Å². The molecule has 1 aliphatic rings. The van der Waals surface area contributed by atoms with Crippen LogP contribution in [-0.2, 0) is 9.59 Å². The van der Waals surface area contributed by atoms with Gasteiger partial charge in [-0.1, -0.05) is 12.8 Å². The average molecular weight is 299 g/mol.